The number of thioether (sulfide) groups is 1. The van der Waals surface area contributed by atoms with Crippen LogP contribution in [0.15, 0.2) is 30.3 Å². The third-order valence-corrected chi connectivity index (χ3v) is 2.77. The molecule has 0 aromatic heterocycles. The minimum absolute atomic E-state index is 0.120. The monoisotopic (exact) mass is 231 g/mol. The predicted molar refractivity (Wildman–Crippen MR) is 67.9 cm³/mol. The maximum absolute atomic E-state index is 10.7. The van der Waals surface area contributed by atoms with Crippen LogP contribution in [-0.2, 0) is 11.2 Å². The van der Waals surface area contributed by atoms with Crippen molar-refractivity contribution >= 4 is 23.0 Å². The van der Waals surface area contributed by atoms with E-state index in [0.717, 1.165) is 11.1 Å². The lowest BCUT2D eigenvalue weighted by atomic mass is 10.1. The van der Waals surface area contributed by atoms with Gasteiger partial charge < -0.3 is 0 Å². The molecular formula is C13H13NOS. The minimum atomic E-state index is 0.120. The zero-order chi connectivity index (χ0) is 11.8. The first-order valence-electron chi connectivity index (χ1n) is 4.99. The first-order chi connectivity index (χ1) is 7.74. The van der Waals surface area contributed by atoms with Gasteiger partial charge in [0.05, 0.1) is 12.5 Å². The Bertz CT molecular complexity index is 432. The minimum Gasteiger partial charge on any atom is -0.288 e. The molecule has 0 amide bonds. The predicted octanol–water partition coefficient (Wildman–Crippen LogP) is 3.05. The Morgan fingerprint density at radius 2 is 2.25 bits per heavy atom. The lowest BCUT2D eigenvalue weighted by Gasteiger charge is -2.00. The van der Waals surface area contributed by atoms with E-state index in [4.69, 9.17) is 5.26 Å². The average molecular weight is 231 g/mol. The smallest absolute Gasteiger partial charge is 0.186 e. The van der Waals surface area contributed by atoms with Gasteiger partial charge in [-0.15, -0.1) is 0 Å². The molecule has 0 heterocycles. The molecule has 0 unspecified atom stereocenters. The summed E-state index contributed by atoms with van der Waals surface area (Å²) in [7, 11) is 0. The summed E-state index contributed by atoms with van der Waals surface area (Å²) in [6.07, 6.45) is 4.32. The maximum Gasteiger partial charge on any atom is 0.186 e. The van der Waals surface area contributed by atoms with Crippen LogP contribution in [0.4, 0.5) is 0 Å². The summed E-state index contributed by atoms with van der Waals surface area (Å²) in [6, 6.07) is 9.93. The third-order valence-electron chi connectivity index (χ3n) is 2.00. The molecule has 1 aromatic carbocycles. The second-order valence-corrected chi connectivity index (χ2v) is 4.44. The lowest BCUT2D eigenvalue weighted by Crippen LogP contribution is -1.87. The van der Waals surface area contributed by atoms with E-state index in [0.29, 0.717) is 12.2 Å². The molecule has 82 valence electrons. The van der Waals surface area contributed by atoms with Gasteiger partial charge in [-0.25, -0.2) is 0 Å². The number of hydrogen-bond acceptors (Lipinski definition) is 3. The fourth-order valence-electron chi connectivity index (χ4n) is 1.28. The summed E-state index contributed by atoms with van der Waals surface area (Å²) in [4.78, 5) is 10.7. The number of nitrogens with zero attached hydrogens (tertiary/aromatic N) is 1. The van der Waals surface area contributed by atoms with Crippen molar-refractivity contribution in [2.24, 2.45) is 0 Å². The first-order valence-corrected chi connectivity index (χ1v) is 5.97. The van der Waals surface area contributed by atoms with E-state index < -0.39 is 0 Å². The molecule has 0 atom stereocenters. The van der Waals surface area contributed by atoms with E-state index in [1.165, 1.54) is 11.8 Å². The summed E-state index contributed by atoms with van der Waals surface area (Å²) in [5, 5.41) is 8.79. The summed E-state index contributed by atoms with van der Waals surface area (Å²) < 4.78 is 0. The second-order valence-electron chi connectivity index (χ2n) is 3.24. The lowest BCUT2D eigenvalue weighted by molar-refractivity contribution is -0.109. The van der Waals surface area contributed by atoms with Crippen molar-refractivity contribution in [2.45, 2.75) is 13.3 Å². The second kappa shape index (κ2) is 6.86. The standard InChI is InChI=1S/C13H13NOS/c1-11(15)16-10-4-7-12-5-2-3-6-13(12)8-9-14/h2-7H,8,10H2,1H3. The quantitative estimate of drug-likeness (QED) is 0.799. The highest BCUT2D eigenvalue weighted by Crippen LogP contribution is 2.12. The van der Waals surface area contributed by atoms with Crippen molar-refractivity contribution in [3.63, 3.8) is 0 Å². The van der Waals surface area contributed by atoms with Gasteiger partial charge >= 0.3 is 0 Å². The molecule has 0 fully saturated rings. The molecule has 2 nitrogen and oxygen atoms in total. The van der Waals surface area contributed by atoms with Crippen molar-refractivity contribution in [3.8, 4) is 6.07 Å². The first kappa shape index (κ1) is 12.5. The van der Waals surface area contributed by atoms with Crippen molar-refractivity contribution in [3.05, 3.63) is 41.5 Å². The largest absolute Gasteiger partial charge is 0.288 e. The van der Waals surface area contributed by atoms with Gasteiger partial charge in [-0.05, 0) is 11.1 Å². The molecule has 0 aliphatic heterocycles. The molecule has 0 aliphatic rings. The van der Waals surface area contributed by atoms with Gasteiger partial charge in [0.15, 0.2) is 5.12 Å². The molecule has 0 saturated carbocycles. The highest BCUT2D eigenvalue weighted by molar-refractivity contribution is 8.13. The van der Waals surface area contributed by atoms with E-state index >= 15 is 0 Å². The maximum atomic E-state index is 10.7. The Hall–Kier alpha value is -1.53. The number of benzene rings is 1. The SMILES string of the molecule is CC(=O)SCC=Cc1ccccc1CC#N. The summed E-state index contributed by atoms with van der Waals surface area (Å²) in [6.45, 7) is 1.56. The third kappa shape index (κ3) is 4.33. The van der Waals surface area contributed by atoms with Crippen LogP contribution < -0.4 is 0 Å². The Morgan fingerprint density at radius 3 is 2.94 bits per heavy atom. The van der Waals surface area contributed by atoms with E-state index in [9.17, 15) is 4.79 Å². The fraction of sp³-hybridized carbons (Fsp3) is 0.231. The Labute approximate surface area is 100.0 Å². The van der Waals surface area contributed by atoms with Crippen LogP contribution in [-0.4, -0.2) is 10.9 Å². The van der Waals surface area contributed by atoms with Gasteiger partial charge in [-0.2, -0.15) is 5.26 Å². The van der Waals surface area contributed by atoms with Gasteiger partial charge in [0.2, 0.25) is 0 Å². The summed E-state index contributed by atoms with van der Waals surface area (Å²) >= 11 is 1.28. The Morgan fingerprint density at radius 1 is 1.50 bits per heavy atom. The zero-order valence-electron chi connectivity index (χ0n) is 9.14. The van der Waals surface area contributed by atoms with Crippen LogP contribution >= 0.6 is 11.8 Å². The van der Waals surface area contributed by atoms with Gasteiger partial charge in [0.25, 0.3) is 0 Å². The summed E-state index contributed by atoms with van der Waals surface area (Å²) in [5.41, 5.74) is 2.07. The van der Waals surface area contributed by atoms with E-state index in [-0.39, 0.29) is 5.12 Å². The van der Waals surface area contributed by atoms with Crippen LogP contribution in [0, 0.1) is 11.3 Å². The van der Waals surface area contributed by atoms with Gasteiger partial charge in [-0.1, -0.05) is 48.2 Å². The topological polar surface area (TPSA) is 40.9 Å². The summed E-state index contributed by atoms with van der Waals surface area (Å²) in [5.74, 6) is 0.677. The molecule has 0 radical (unpaired) electrons. The van der Waals surface area contributed by atoms with Gasteiger partial charge in [0.1, 0.15) is 0 Å². The van der Waals surface area contributed by atoms with Crippen LogP contribution in [0.2, 0.25) is 0 Å². The molecule has 0 bridgehead atoms. The Kier molecular flexibility index (Phi) is 5.38. The van der Waals surface area contributed by atoms with Crippen molar-refractivity contribution in [1.82, 2.24) is 0 Å². The fourth-order valence-corrected chi connectivity index (χ4v) is 1.71. The molecule has 0 aliphatic carbocycles. The van der Waals surface area contributed by atoms with Gasteiger partial charge in [0, 0.05) is 12.7 Å². The highest BCUT2D eigenvalue weighted by Gasteiger charge is 1.97. The number of carbonyl (C=O) groups excluding carboxylic acids is 1. The molecular weight excluding hydrogens is 218 g/mol. The van der Waals surface area contributed by atoms with E-state index in [2.05, 4.69) is 6.07 Å². The van der Waals surface area contributed by atoms with E-state index in [1.807, 2.05) is 36.4 Å². The Balaban J connectivity index is 2.65. The number of hydrogen-bond donors (Lipinski definition) is 0. The average Bonchev–Trinajstić information content (AvgIpc) is 2.26. The molecule has 16 heavy (non-hydrogen) atoms. The highest BCUT2D eigenvalue weighted by atomic mass is 32.2. The number of rotatable bonds is 4. The zero-order valence-corrected chi connectivity index (χ0v) is 9.96. The molecule has 0 spiro atoms. The molecule has 0 saturated heterocycles. The van der Waals surface area contributed by atoms with Crippen LogP contribution in [0.1, 0.15) is 18.1 Å². The molecule has 3 heteroatoms. The van der Waals surface area contributed by atoms with Gasteiger partial charge in [-0.3, -0.25) is 4.79 Å². The van der Waals surface area contributed by atoms with Crippen molar-refractivity contribution < 1.29 is 4.79 Å². The molecule has 0 N–H and O–H groups in total. The normalized spacial score (nSPS) is 10.2. The van der Waals surface area contributed by atoms with Crippen molar-refractivity contribution in [2.75, 3.05) is 5.75 Å². The van der Waals surface area contributed by atoms with Crippen LogP contribution in [0.3, 0.4) is 0 Å². The number of carbonyl (C=O) groups is 1. The number of nitriles is 1. The molecule has 1 rings (SSSR count). The van der Waals surface area contributed by atoms with Crippen molar-refractivity contribution in [1.29, 1.82) is 5.26 Å². The molecule has 1 aromatic rings. The van der Waals surface area contributed by atoms with Crippen LogP contribution in [0.25, 0.3) is 6.08 Å². The van der Waals surface area contributed by atoms with Crippen LogP contribution in [0.5, 0.6) is 0 Å². The van der Waals surface area contributed by atoms with E-state index in [1.54, 1.807) is 6.92 Å².